The molecule has 0 saturated heterocycles. The van der Waals surface area contributed by atoms with E-state index >= 15 is 0 Å². The third-order valence-electron chi connectivity index (χ3n) is 3.21. The van der Waals surface area contributed by atoms with Crippen LogP contribution in [0.1, 0.15) is 12.6 Å². The van der Waals surface area contributed by atoms with Crippen LogP contribution in [0.15, 0.2) is 30.6 Å². The lowest BCUT2D eigenvalue weighted by molar-refractivity contribution is 0.787. The van der Waals surface area contributed by atoms with Crippen LogP contribution in [0, 0.1) is 11.3 Å². The van der Waals surface area contributed by atoms with Gasteiger partial charge in [0.05, 0.1) is 17.5 Å². The Bertz CT molecular complexity index is 857. The van der Waals surface area contributed by atoms with Crippen LogP contribution in [0.5, 0.6) is 0 Å². The number of aryl methyl sites for hydroxylation is 1. The minimum atomic E-state index is 0.297. The number of aromatic nitrogens is 3. The molecule has 21 heavy (non-hydrogen) atoms. The van der Waals surface area contributed by atoms with E-state index in [9.17, 15) is 5.26 Å². The molecule has 0 unspecified atom stereocenters. The topological polar surface area (TPSA) is 54.5 Å². The van der Waals surface area contributed by atoms with Crippen LogP contribution in [0.2, 0.25) is 10.0 Å². The number of hydrogen-bond acceptors (Lipinski definition) is 3. The van der Waals surface area contributed by atoms with Gasteiger partial charge in [-0.25, -0.2) is 9.97 Å². The van der Waals surface area contributed by atoms with Gasteiger partial charge in [-0.15, -0.1) is 0 Å². The Balaban J connectivity index is 2.30. The first-order chi connectivity index (χ1) is 10.1. The second-order valence-electron chi connectivity index (χ2n) is 4.52. The Labute approximate surface area is 131 Å². The van der Waals surface area contributed by atoms with Crippen molar-refractivity contribution in [2.75, 3.05) is 0 Å². The highest BCUT2D eigenvalue weighted by Gasteiger charge is 2.12. The largest absolute Gasteiger partial charge is 0.331 e. The quantitative estimate of drug-likeness (QED) is 0.708. The Hall–Kier alpha value is -2.09. The molecule has 0 amide bonds. The van der Waals surface area contributed by atoms with Crippen LogP contribution in [0.3, 0.4) is 0 Å². The highest BCUT2D eigenvalue weighted by atomic mass is 35.5. The molecule has 0 aliphatic heterocycles. The maximum atomic E-state index is 9.28. The Morgan fingerprint density at radius 1 is 1.19 bits per heavy atom. The zero-order valence-electron chi connectivity index (χ0n) is 11.1. The van der Waals surface area contributed by atoms with Gasteiger partial charge in [0.15, 0.2) is 5.69 Å². The highest BCUT2D eigenvalue weighted by molar-refractivity contribution is 6.35. The zero-order chi connectivity index (χ0) is 15.0. The lowest BCUT2D eigenvalue weighted by Crippen LogP contribution is -1.95. The first-order valence-corrected chi connectivity index (χ1v) is 7.10. The average Bonchev–Trinajstić information content (AvgIpc) is 2.88. The van der Waals surface area contributed by atoms with E-state index in [1.807, 2.05) is 17.6 Å². The highest BCUT2D eigenvalue weighted by Crippen LogP contribution is 2.28. The number of hydrogen-bond donors (Lipinski definition) is 0. The summed E-state index contributed by atoms with van der Waals surface area (Å²) in [5.41, 5.74) is 3.20. The normalized spacial score (nSPS) is 10.8. The molecule has 2 heterocycles. The monoisotopic (exact) mass is 316 g/mol. The first kappa shape index (κ1) is 13.9. The Morgan fingerprint density at radius 3 is 2.52 bits per heavy atom. The minimum Gasteiger partial charge on any atom is -0.331 e. The van der Waals surface area contributed by atoms with Gasteiger partial charge in [-0.2, -0.15) is 5.26 Å². The van der Waals surface area contributed by atoms with Gasteiger partial charge in [-0.05, 0) is 31.2 Å². The second kappa shape index (κ2) is 5.36. The predicted octanol–water partition coefficient (Wildman–Crippen LogP) is 4.30. The molecule has 3 rings (SSSR count). The predicted molar refractivity (Wildman–Crippen MR) is 83.4 cm³/mol. The van der Waals surface area contributed by atoms with Crippen LogP contribution in [0.25, 0.3) is 22.3 Å². The van der Waals surface area contributed by atoms with Crippen LogP contribution >= 0.6 is 23.2 Å². The van der Waals surface area contributed by atoms with Gasteiger partial charge < -0.3 is 4.57 Å². The van der Waals surface area contributed by atoms with Crippen molar-refractivity contribution in [3.05, 3.63) is 46.3 Å². The van der Waals surface area contributed by atoms with Crippen LogP contribution in [0.4, 0.5) is 0 Å². The van der Waals surface area contributed by atoms with Gasteiger partial charge >= 0.3 is 0 Å². The molecule has 0 spiro atoms. The summed E-state index contributed by atoms with van der Waals surface area (Å²) in [5, 5.41) is 10.3. The van der Waals surface area contributed by atoms with Gasteiger partial charge in [0.2, 0.25) is 0 Å². The number of halogens is 2. The van der Waals surface area contributed by atoms with E-state index in [4.69, 9.17) is 23.2 Å². The number of nitrogens with zero attached hydrogens (tertiary/aromatic N) is 4. The van der Waals surface area contributed by atoms with E-state index in [1.54, 1.807) is 24.5 Å². The molecule has 3 aromatic rings. The van der Waals surface area contributed by atoms with Crippen molar-refractivity contribution >= 4 is 34.2 Å². The van der Waals surface area contributed by atoms with Crippen molar-refractivity contribution in [1.82, 2.24) is 14.5 Å². The summed E-state index contributed by atoms with van der Waals surface area (Å²) >= 11 is 12.1. The molecule has 0 atom stereocenters. The van der Waals surface area contributed by atoms with Crippen molar-refractivity contribution < 1.29 is 0 Å². The summed E-state index contributed by atoms with van der Waals surface area (Å²) in [4.78, 5) is 8.62. The van der Waals surface area contributed by atoms with Crippen molar-refractivity contribution in [3.63, 3.8) is 0 Å². The third-order valence-corrected chi connectivity index (χ3v) is 3.65. The number of rotatable bonds is 2. The van der Waals surface area contributed by atoms with Crippen LogP contribution in [-0.2, 0) is 6.54 Å². The number of imidazole rings is 1. The lowest BCUT2D eigenvalue weighted by atomic mass is 10.1. The maximum Gasteiger partial charge on any atom is 0.169 e. The van der Waals surface area contributed by atoms with E-state index in [0.29, 0.717) is 26.9 Å². The molecular formula is C15H10Cl2N4. The van der Waals surface area contributed by atoms with E-state index in [-0.39, 0.29) is 0 Å². The SMILES string of the molecule is CCn1cnc2c(C#N)nc(-c3cc(Cl)cc(Cl)c3)cc21. The average molecular weight is 317 g/mol. The van der Waals surface area contributed by atoms with Crippen LogP contribution in [-0.4, -0.2) is 14.5 Å². The fourth-order valence-electron chi connectivity index (χ4n) is 2.24. The molecule has 0 N–H and O–H groups in total. The second-order valence-corrected chi connectivity index (χ2v) is 5.40. The summed E-state index contributed by atoms with van der Waals surface area (Å²) in [5.74, 6) is 0. The number of nitriles is 1. The fraction of sp³-hybridized carbons (Fsp3) is 0.133. The van der Waals surface area contributed by atoms with Crippen molar-refractivity contribution in [2.24, 2.45) is 0 Å². The van der Waals surface area contributed by atoms with E-state index in [0.717, 1.165) is 17.6 Å². The molecule has 6 heteroatoms. The summed E-state index contributed by atoms with van der Waals surface area (Å²) < 4.78 is 1.97. The fourth-order valence-corrected chi connectivity index (χ4v) is 2.77. The Kier molecular flexibility index (Phi) is 3.54. The summed E-state index contributed by atoms with van der Waals surface area (Å²) in [6, 6.07) is 9.20. The molecule has 0 saturated carbocycles. The summed E-state index contributed by atoms with van der Waals surface area (Å²) in [7, 11) is 0. The van der Waals surface area contributed by atoms with E-state index in [1.165, 1.54) is 0 Å². The number of pyridine rings is 1. The first-order valence-electron chi connectivity index (χ1n) is 6.35. The molecule has 2 aromatic heterocycles. The lowest BCUT2D eigenvalue weighted by Gasteiger charge is -2.06. The van der Waals surface area contributed by atoms with Crippen molar-refractivity contribution in [3.8, 4) is 17.3 Å². The van der Waals surface area contributed by atoms with Gasteiger partial charge in [0.25, 0.3) is 0 Å². The minimum absolute atomic E-state index is 0.297. The zero-order valence-corrected chi connectivity index (χ0v) is 12.7. The van der Waals surface area contributed by atoms with Crippen molar-refractivity contribution in [2.45, 2.75) is 13.5 Å². The van der Waals surface area contributed by atoms with Gasteiger partial charge in [-0.1, -0.05) is 23.2 Å². The van der Waals surface area contributed by atoms with Crippen molar-refractivity contribution in [1.29, 1.82) is 5.26 Å². The summed E-state index contributed by atoms with van der Waals surface area (Å²) in [6.45, 7) is 2.78. The van der Waals surface area contributed by atoms with Gasteiger partial charge in [-0.3, -0.25) is 0 Å². The molecule has 0 aliphatic rings. The smallest absolute Gasteiger partial charge is 0.169 e. The molecule has 0 radical (unpaired) electrons. The molecular weight excluding hydrogens is 307 g/mol. The van der Waals surface area contributed by atoms with Gasteiger partial charge in [0, 0.05) is 22.2 Å². The summed E-state index contributed by atoms with van der Waals surface area (Å²) in [6.07, 6.45) is 1.71. The number of fused-ring (bicyclic) bond motifs is 1. The van der Waals surface area contributed by atoms with E-state index in [2.05, 4.69) is 16.0 Å². The number of benzene rings is 1. The molecule has 1 aromatic carbocycles. The third kappa shape index (κ3) is 2.46. The molecule has 4 nitrogen and oxygen atoms in total. The molecule has 0 fully saturated rings. The Morgan fingerprint density at radius 2 is 1.90 bits per heavy atom. The molecule has 0 aliphatic carbocycles. The standard InChI is InChI=1S/C15H10Cl2N4/c1-2-21-8-19-15-13(7-18)20-12(6-14(15)21)9-3-10(16)5-11(17)4-9/h3-6,8H,2H2,1H3. The van der Waals surface area contributed by atoms with Crippen LogP contribution < -0.4 is 0 Å². The molecule has 104 valence electrons. The molecule has 0 bridgehead atoms. The van der Waals surface area contributed by atoms with E-state index < -0.39 is 0 Å². The maximum absolute atomic E-state index is 9.28. The van der Waals surface area contributed by atoms with Gasteiger partial charge in [0.1, 0.15) is 11.6 Å².